The normalized spacial score (nSPS) is 10.6. The van der Waals surface area contributed by atoms with Crippen molar-refractivity contribution < 1.29 is 5.11 Å². The molecule has 2 rings (SSSR count). The molecule has 74 valence electrons. The highest BCUT2D eigenvalue weighted by molar-refractivity contribution is 7.17. The quantitative estimate of drug-likeness (QED) is 0.755. The van der Waals surface area contributed by atoms with E-state index >= 15 is 0 Å². The van der Waals surface area contributed by atoms with E-state index < -0.39 is 0 Å². The highest BCUT2D eigenvalue weighted by atomic mass is 32.1. The lowest BCUT2D eigenvalue weighted by Gasteiger charge is -2.04. The van der Waals surface area contributed by atoms with Gasteiger partial charge in [-0.1, -0.05) is 0 Å². The third-order valence-electron chi connectivity index (χ3n) is 2.12. The van der Waals surface area contributed by atoms with Crippen LogP contribution >= 0.6 is 11.3 Å². The number of fused-ring (bicyclic) bond motifs is 1. The van der Waals surface area contributed by atoms with Gasteiger partial charge in [0, 0.05) is 23.5 Å². The molecule has 2 aromatic rings. The Kier molecular flexibility index (Phi) is 3.01. The van der Waals surface area contributed by atoms with Crippen molar-refractivity contribution in [2.45, 2.75) is 6.42 Å². The molecule has 0 aliphatic carbocycles. The topological polar surface area (TPSA) is 32.3 Å². The Labute approximate surface area is 87.2 Å². The van der Waals surface area contributed by atoms with E-state index in [9.17, 15) is 0 Å². The van der Waals surface area contributed by atoms with Crippen molar-refractivity contribution in [1.82, 2.24) is 0 Å². The van der Waals surface area contributed by atoms with E-state index in [2.05, 4.69) is 35.0 Å². The smallest absolute Gasteiger partial charge is 0.0447 e. The lowest BCUT2D eigenvalue weighted by molar-refractivity contribution is 0.292. The van der Waals surface area contributed by atoms with Gasteiger partial charge in [0.05, 0.1) is 0 Å². The fourth-order valence-corrected chi connectivity index (χ4v) is 2.16. The summed E-state index contributed by atoms with van der Waals surface area (Å²) in [6, 6.07) is 8.47. The number of benzene rings is 1. The Hall–Kier alpha value is -1.06. The van der Waals surface area contributed by atoms with E-state index in [0.717, 1.165) is 18.7 Å². The standard InChI is InChI=1S/C11H13NOS/c13-6-1-5-12-10-2-3-11-9(8-10)4-7-14-11/h2-4,7-8,12-13H,1,5-6H2. The molecule has 1 heterocycles. The first-order valence-electron chi connectivity index (χ1n) is 4.72. The second-order valence-corrected chi connectivity index (χ2v) is 4.12. The molecule has 0 aliphatic rings. The van der Waals surface area contributed by atoms with E-state index in [1.807, 2.05) is 0 Å². The van der Waals surface area contributed by atoms with Crippen molar-refractivity contribution in [1.29, 1.82) is 0 Å². The van der Waals surface area contributed by atoms with Crippen molar-refractivity contribution in [3.05, 3.63) is 29.6 Å². The Bertz CT molecular complexity index is 410. The van der Waals surface area contributed by atoms with Gasteiger partial charge in [0.25, 0.3) is 0 Å². The van der Waals surface area contributed by atoms with E-state index in [1.54, 1.807) is 11.3 Å². The molecule has 0 atom stereocenters. The first kappa shape index (κ1) is 9.49. The number of hydrogen-bond acceptors (Lipinski definition) is 3. The highest BCUT2D eigenvalue weighted by Gasteiger charge is 1.96. The lowest BCUT2D eigenvalue weighted by atomic mass is 10.2. The first-order chi connectivity index (χ1) is 6.90. The van der Waals surface area contributed by atoms with Gasteiger partial charge in [-0.05, 0) is 41.5 Å². The van der Waals surface area contributed by atoms with E-state index in [1.165, 1.54) is 10.1 Å². The maximum absolute atomic E-state index is 8.64. The average Bonchev–Trinajstić information content (AvgIpc) is 2.65. The molecule has 3 heteroatoms. The summed E-state index contributed by atoms with van der Waals surface area (Å²) in [5.41, 5.74) is 1.13. The minimum atomic E-state index is 0.244. The van der Waals surface area contributed by atoms with Crippen LogP contribution in [0.25, 0.3) is 10.1 Å². The number of anilines is 1. The van der Waals surface area contributed by atoms with Crippen LogP contribution in [0.2, 0.25) is 0 Å². The van der Waals surface area contributed by atoms with Crippen LogP contribution in [0.1, 0.15) is 6.42 Å². The first-order valence-corrected chi connectivity index (χ1v) is 5.60. The molecule has 14 heavy (non-hydrogen) atoms. The second-order valence-electron chi connectivity index (χ2n) is 3.18. The van der Waals surface area contributed by atoms with E-state index in [4.69, 9.17) is 5.11 Å². The number of hydrogen-bond donors (Lipinski definition) is 2. The molecule has 0 saturated carbocycles. The summed E-state index contributed by atoms with van der Waals surface area (Å²) < 4.78 is 1.32. The number of thiophene rings is 1. The largest absolute Gasteiger partial charge is 0.396 e. The number of aliphatic hydroxyl groups is 1. The molecule has 0 bridgehead atoms. The zero-order valence-electron chi connectivity index (χ0n) is 7.86. The molecular formula is C11H13NOS. The van der Waals surface area contributed by atoms with Gasteiger partial charge in [0.2, 0.25) is 0 Å². The van der Waals surface area contributed by atoms with Crippen LogP contribution in [0.3, 0.4) is 0 Å². The van der Waals surface area contributed by atoms with Gasteiger partial charge in [0.15, 0.2) is 0 Å². The monoisotopic (exact) mass is 207 g/mol. The van der Waals surface area contributed by atoms with Crippen LogP contribution < -0.4 is 5.32 Å². The molecule has 0 radical (unpaired) electrons. The maximum Gasteiger partial charge on any atom is 0.0447 e. The van der Waals surface area contributed by atoms with Crippen LogP contribution in [0.15, 0.2) is 29.6 Å². The van der Waals surface area contributed by atoms with Crippen LogP contribution in [0, 0.1) is 0 Å². The van der Waals surface area contributed by atoms with Crippen LogP contribution in [-0.4, -0.2) is 18.3 Å². The van der Waals surface area contributed by atoms with Gasteiger partial charge >= 0.3 is 0 Å². The summed E-state index contributed by atoms with van der Waals surface area (Å²) >= 11 is 1.76. The maximum atomic E-state index is 8.64. The summed E-state index contributed by atoms with van der Waals surface area (Å²) in [6.07, 6.45) is 0.793. The van der Waals surface area contributed by atoms with E-state index in [-0.39, 0.29) is 6.61 Å². The van der Waals surface area contributed by atoms with Crippen molar-refractivity contribution in [2.75, 3.05) is 18.5 Å². The molecule has 2 nitrogen and oxygen atoms in total. The molecule has 0 saturated heterocycles. The minimum absolute atomic E-state index is 0.244. The molecule has 0 spiro atoms. The SMILES string of the molecule is OCCCNc1ccc2sccc2c1. The molecule has 1 aromatic heterocycles. The Morgan fingerprint density at radius 1 is 1.29 bits per heavy atom. The molecule has 2 N–H and O–H groups in total. The summed E-state index contributed by atoms with van der Waals surface area (Å²) in [5, 5.41) is 15.3. The summed E-state index contributed by atoms with van der Waals surface area (Å²) in [5.74, 6) is 0. The van der Waals surface area contributed by atoms with Gasteiger partial charge in [0.1, 0.15) is 0 Å². The molecule has 0 unspecified atom stereocenters. The molecule has 0 aliphatic heterocycles. The van der Waals surface area contributed by atoms with E-state index in [0.29, 0.717) is 0 Å². The Balaban J connectivity index is 2.10. The third kappa shape index (κ3) is 2.05. The van der Waals surface area contributed by atoms with Crippen LogP contribution in [0.4, 0.5) is 5.69 Å². The Morgan fingerprint density at radius 3 is 3.07 bits per heavy atom. The zero-order valence-corrected chi connectivity index (χ0v) is 8.68. The predicted octanol–water partition coefficient (Wildman–Crippen LogP) is 2.70. The molecule has 0 fully saturated rings. The van der Waals surface area contributed by atoms with Crippen molar-refractivity contribution >= 4 is 27.1 Å². The zero-order chi connectivity index (χ0) is 9.80. The predicted molar refractivity (Wildman–Crippen MR) is 62.0 cm³/mol. The summed E-state index contributed by atoms with van der Waals surface area (Å²) in [7, 11) is 0. The number of nitrogens with one attached hydrogen (secondary N) is 1. The van der Waals surface area contributed by atoms with Gasteiger partial charge < -0.3 is 10.4 Å². The molecule has 1 aromatic carbocycles. The van der Waals surface area contributed by atoms with Gasteiger partial charge in [-0.3, -0.25) is 0 Å². The van der Waals surface area contributed by atoms with Crippen LogP contribution in [0.5, 0.6) is 0 Å². The van der Waals surface area contributed by atoms with Crippen molar-refractivity contribution in [3.63, 3.8) is 0 Å². The Morgan fingerprint density at radius 2 is 2.21 bits per heavy atom. The summed E-state index contributed by atoms with van der Waals surface area (Å²) in [6.45, 7) is 1.07. The minimum Gasteiger partial charge on any atom is -0.396 e. The lowest BCUT2D eigenvalue weighted by Crippen LogP contribution is -2.02. The van der Waals surface area contributed by atoms with Gasteiger partial charge in [-0.15, -0.1) is 11.3 Å². The average molecular weight is 207 g/mol. The van der Waals surface area contributed by atoms with Crippen LogP contribution in [-0.2, 0) is 0 Å². The third-order valence-corrected chi connectivity index (χ3v) is 3.01. The fraction of sp³-hybridized carbons (Fsp3) is 0.273. The van der Waals surface area contributed by atoms with Gasteiger partial charge in [-0.25, -0.2) is 0 Å². The number of rotatable bonds is 4. The summed E-state index contributed by atoms with van der Waals surface area (Å²) in [4.78, 5) is 0. The number of aliphatic hydroxyl groups excluding tert-OH is 1. The highest BCUT2D eigenvalue weighted by Crippen LogP contribution is 2.23. The second kappa shape index (κ2) is 4.44. The molecule has 0 amide bonds. The molecular weight excluding hydrogens is 194 g/mol. The van der Waals surface area contributed by atoms with Crippen molar-refractivity contribution in [3.8, 4) is 0 Å². The van der Waals surface area contributed by atoms with Crippen molar-refractivity contribution in [2.24, 2.45) is 0 Å². The van der Waals surface area contributed by atoms with Gasteiger partial charge in [-0.2, -0.15) is 0 Å². The fourth-order valence-electron chi connectivity index (χ4n) is 1.39.